The summed E-state index contributed by atoms with van der Waals surface area (Å²) in [5.41, 5.74) is 2.27. The number of nitrogens with one attached hydrogen (secondary N) is 2. The van der Waals surface area contributed by atoms with Crippen LogP contribution in [0, 0.1) is 5.82 Å². The van der Waals surface area contributed by atoms with Crippen molar-refractivity contribution in [3.8, 4) is 0 Å². The third-order valence-corrected chi connectivity index (χ3v) is 4.80. The maximum Gasteiger partial charge on any atom is 0.416 e. The summed E-state index contributed by atoms with van der Waals surface area (Å²) in [6, 6.07) is 17.2. The molecule has 158 valence electrons. The number of urea groups is 1. The number of nitrogens with zero attached hydrogens (tertiary/aromatic N) is 1. The van der Waals surface area contributed by atoms with Crippen LogP contribution in [0.25, 0.3) is 5.52 Å². The fraction of sp³-hybridized carbons (Fsp3) is 0.0870. The molecular weight excluding hydrogens is 410 g/mol. The van der Waals surface area contributed by atoms with Gasteiger partial charge in [0.25, 0.3) is 0 Å². The monoisotopic (exact) mass is 427 g/mol. The molecule has 4 nitrogen and oxygen atoms in total. The van der Waals surface area contributed by atoms with Crippen LogP contribution in [0.5, 0.6) is 0 Å². The molecule has 0 saturated carbocycles. The minimum absolute atomic E-state index is 0.238. The van der Waals surface area contributed by atoms with E-state index in [9.17, 15) is 22.4 Å². The summed E-state index contributed by atoms with van der Waals surface area (Å²) in [4.78, 5) is 12.3. The lowest BCUT2D eigenvalue weighted by atomic mass is 10.1. The van der Waals surface area contributed by atoms with Crippen molar-refractivity contribution in [2.24, 2.45) is 0 Å². The molecule has 0 bridgehead atoms. The zero-order chi connectivity index (χ0) is 22.0. The van der Waals surface area contributed by atoms with Gasteiger partial charge in [-0.3, -0.25) is 5.32 Å². The molecule has 31 heavy (non-hydrogen) atoms. The first kappa shape index (κ1) is 20.5. The molecule has 0 aliphatic carbocycles. The number of fused-ring (bicyclic) bond motifs is 1. The van der Waals surface area contributed by atoms with Gasteiger partial charge in [-0.2, -0.15) is 13.2 Å². The standard InChI is InChI=1S/C23H17F4N3O/c24-18-8-4-15(5-9-18)14-16-12-13-30-20(16)2-1-3-21(30)29-22(31)28-19-10-6-17(7-11-19)23(25,26)27/h1-13H,14H2,(H2,28,29,31). The van der Waals surface area contributed by atoms with E-state index in [-0.39, 0.29) is 11.5 Å². The number of alkyl halides is 3. The van der Waals surface area contributed by atoms with Gasteiger partial charge in [0.05, 0.1) is 11.1 Å². The first-order valence-electron chi connectivity index (χ1n) is 9.38. The Morgan fingerprint density at radius 3 is 2.26 bits per heavy atom. The molecule has 0 fully saturated rings. The summed E-state index contributed by atoms with van der Waals surface area (Å²) in [6.07, 6.45) is -2.03. The minimum Gasteiger partial charge on any atom is -0.308 e. The molecule has 4 aromatic rings. The number of hydrogen-bond donors (Lipinski definition) is 2. The number of benzene rings is 2. The quantitative estimate of drug-likeness (QED) is 0.367. The lowest BCUT2D eigenvalue weighted by Gasteiger charge is -2.11. The molecule has 0 radical (unpaired) electrons. The van der Waals surface area contributed by atoms with E-state index in [0.29, 0.717) is 12.2 Å². The first-order valence-corrected chi connectivity index (χ1v) is 9.38. The molecule has 0 aliphatic rings. The summed E-state index contributed by atoms with van der Waals surface area (Å²) < 4.78 is 52.9. The van der Waals surface area contributed by atoms with Crippen molar-refractivity contribution in [1.29, 1.82) is 0 Å². The van der Waals surface area contributed by atoms with Crippen molar-refractivity contribution in [2.75, 3.05) is 10.6 Å². The molecule has 0 atom stereocenters. The highest BCUT2D eigenvalue weighted by Gasteiger charge is 2.30. The highest BCUT2D eigenvalue weighted by molar-refractivity contribution is 5.99. The van der Waals surface area contributed by atoms with E-state index < -0.39 is 17.8 Å². The maximum absolute atomic E-state index is 13.1. The average Bonchev–Trinajstić information content (AvgIpc) is 3.13. The Morgan fingerprint density at radius 2 is 1.58 bits per heavy atom. The van der Waals surface area contributed by atoms with Crippen molar-refractivity contribution in [3.63, 3.8) is 0 Å². The summed E-state index contributed by atoms with van der Waals surface area (Å²) in [7, 11) is 0. The van der Waals surface area contributed by atoms with Gasteiger partial charge in [-0.15, -0.1) is 0 Å². The molecule has 2 N–H and O–H groups in total. The van der Waals surface area contributed by atoms with Crippen LogP contribution in [0.15, 0.2) is 79.0 Å². The minimum atomic E-state index is -4.43. The molecule has 2 heterocycles. The second-order valence-corrected chi connectivity index (χ2v) is 6.96. The molecular formula is C23H17F4N3O. The SMILES string of the molecule is O=C(Nc1ccc(C(F)(F)F)cc1)Nc1cccc2c(Cc3ccc(F)cc3)ccn12. The zero-order valence-electron chi connectivity index (χ0n) is 16.1. The molecule has 2 aromatic carbocycles. The molecule has 2 amide bonds. The molecule has 2 aromatic heterocycles. The van der Waals surface area contributed by atoms with Crippen LogP contribution in [0.3, 0.4) is 0 Å². The topological polar surface area (TPSA) is 45.5 Å². The molecule has 4 rings (SSSR count). The van der Waals surface area contributed by atoms with E-state index in [1.807, 2.05) is 18.3 Å². The number of carbonyl (C=O) groups is 1. The second kappa shape index (κ2) is 8.14. The molecule has 0 unspecified atom stereocenters. The number of halogens is 4. The highest BCUT2D eigenvalue weighted by Crippen LogP contribution is 2.30. The largest absolute Gasteiger partial charge is 0.416 e. The van der Waals surface area contributed by atoms with E-state index in [2.05, 4.69) is 10.6 Å². The van der Waals surface area contributed by atoms with Crippen molar-refractivity contribution in [2.45, 2.75) is 12.6 Å². The number of carbonyl (C=O) groups excluding carboxylic acids is 1. The van der Waals surface area contributed by atoms with Crippen LogP contribution >= 0.6 is 0 Å². The number of amides is 2. The number of hydrogen-bond acceptors (Lipinski definition) is 1. The highest BCUT2D eigenvalue weighted by atomic mass is 19.4. The van der Waals surface area contributed by atoms with Crippen molar-refractivity contribution in [3.05, 3.63) is 102 Å². The van der Waals surface area contributed by atoms with Crippen LogP contribution in [0.4, 0.5) is 33.9 Å². The maximum atomic E-state index is 13.1. The van der Waals surface area contributed by atoms with Crippen LogP contribution in [-0.2, 0) is 12.6 Å². The predicted molar refractivity (Wildman–Crippen MR) is 111 cm³/mol. The van der Waals surface area contributed by atoms with Gasteiger partial charge in [0.1, 0.15) is 11.6 Å². The Hall–Kier alpha value is -3.81. The zero-order valence-corrected chi connectivity index (χ0v) is 16.1. The molecule has 0 spiro atoms. The van der Waals surface area contributed by atoms with Gasteiger partial charge in [-0.1, -0.05) is 18.2 Å². The fourth-order valence-corrected chi connectivity index (χ4v) is 3.29. The smallest absolute Gasteiger partial charge is 0.308 e. The normalized spacial score (nSPS) is 11.5. The van der Waals surface area contributed by atoms with Crippen LogP contribution in [0.1, 0.15) is 16.7 Å². The van der Waals surface area contributed by atoms with Crippen LogP contribution in [-0.4, -0.2) is 10.4 Å². The van der Waals surface area contributed by atoms with Gasteiger partial charge in [0, 0.05) is 11.9 Å². The van der Waals surface area contributed by atoms with Gasteiger partial charge in [0.2, 0.25) is 0 Å². The van der Waals surface area contributed by atoms with E-state index in [4.69, 9.17) is 0 Å². The van der Waals surface area contributed by atoms with E-state index >= 15 is 0 Å². The van der Waals surface area contributed by atoms with E-state index in [1.54, 1.807) is 28.7 Å². The fourth-order valence-electron chi connectivity index (χ4n) is 3.29. The van der Waals surface area contributed by atoms with E-state index in [1.165, 1.54) is 24.3 Å². The Kier molecular flexibility index (Phi) is 5.37. The Bertz CT molecular complexity index is 1210. The number of aromatic nitrogens is 1. The predicted octanol–water partition coefficient (Wildman–Crippen LogP) is 6.33. The number of pyridine rings is 1. The lowest BCUT2D eigenvalue weighted by Crippen LogP contribution is -2.20. The van der Waals surface area contributed by atoms with Gasteiger partial charge in [-0.05, 0) is 72.1 Å². The van der Waals surface area contributed by atoms with Crippen molar-refractivity contribution >= 4 is 23.1 Å². The van der Waals surface area contributed by atoms with Crippen molar-refractivity contribution < 1.29 is 22.4 Å². The third kappa shape index (κ3) is 4.69. The number of rotatable bonds is 4. The Balaban J connectivity index is 1.49. The number of anilines is 2. The average molecular weight is 427 g/mol. The lowest BCUT2D eigenvalue weighted by molar-refractivity contribution is -0.137. The molecule has 0 aliphatic heterocycles. The Labute approximate surface area is 175 Å². The van der Waals surface area contributed by atoms with E-state index in [0.717, 1.165) is 28.8 Å². The van der Waals surface area contributed by atoms with Gasteiger partial charge < -0.3 is 9.72 Å². The molecule has 0 saturated heterocycles. The van der Waals surface area contributed by atoms with Gasteiger partial charge in [-0.25, -0.2) is 9.18 Å². The summed E-state index contributed by atoms with van der Waals surface area (Å²) in [5.74, 6) is 0.198. The van der Waals surface area contributed by atoms with Gasteiger partial charge in [0.15, 0.2) is 0 Å². The van der Waals surface area contributed by atoms with Crippen LogP contribution < -0.4 is 10.6 Å². The summed E-state index contributed by atoms with van der Waals surface area (Å²) >= 11 is 0. The molecule has 8 heteroatoms. The van der Waals surface area contributed by atoms with Gasteiger partial charge >= 0.3 is 12.2 Å². The van der Waals surface area contributed by atoms with Crippen molar-refractivity contribution in [1.82, 2.24) is 4.40 Å². The first-order chi connectivity index (χ1) is 14.8. The summed E-state index contributed by atoms with van der Waals surface area (Å²) in [6.45, 7) is 0. The Morgan fingerprint density at radius 1 is 0.871 bits per heavy atom. The van der Waals surface area contributed by atoms with Crippen LogP contribution in [0.2, 0.25) is 0 Å². The summed E-state index contributed by atoms with van der Waals surface area (Å²) in [5, 5.41) is 5.22. The second-order valence-electron chi connectivity index (χ2n) is 6.96. The third-order valence-electron chi connectivity index (χ3n) is 4.80.